The first-order valence-electron chi connectivity index (χ1n) is 4.11. The van der Waals surface area contributed by atoms with E-state index < -0.39 is 0 Å². The summed E-state index contributed by atoms with van der Waals surface area (Å²) >= 11 is 0. The fourth-order valence-corrected chi connectivity index (χ4v) is 1.34. The summed E-state index contributed by atoms with van der Waals surface area (Å²) in [5.74, 6) is 0. The van der Waals surface area contributed by atoms with Crippen molar-refractivity contribution in [2.75, 3.05) is 0 Å². The quantitative estimate of drug-likeness (QED) is 0.602. The van der Waals surface area contributed by atoms with Crippen molar-refractivity contribution in [3.8, 4) is 0 Å². The monoisotopic (exact) mass is 174 g/mol. The van der Waals surface area contributed by atoms with Crippen LogP contribution in [0.5, 0.6) is 0 Å². The van der Waals surface area contributed by atoms with Crippen LogP contribution in [-0.2, 0) is 7.05 Å². The van der Waals surface area contributed by atoms with Gasteiger partial charge in [0.2, 0.25) is 0 Å². The molecule has 13 heavy (non-hydrogen) atoms. The molecule has 0 fully saturated rings. The van der Waals surface area contributed by atoms with Gasteiger partial charge in [-0.1, -0.05) is 0 Å². The molecule has 0 aliphatic heterocycles. The third-order valence-corrected chi connectivity index (χ3v) is 2.06. The third-order valence-electron chi connectivity index (χ3n) is 2.06. The van der Waals surface area contributed by atoms with Crippen LogP contribution in [0.4, 0.5) is 0 Å². The number of nitrogens with zero attached hydrogens (tertiary/aromatic N) is 2. The highest BCUT2D eigenvalue weighted by Gasteiger charge is 2.00. The SMILES string of the molecule is Cc1ccc2c(=O)ccn(C)c2n1. The molecule has 3 nitrogen and oxygen atoms in total. The van der Waals surface area contributed by atoms with Crippen LogP contribution in [-0.4, -0.2) is 9.55 Å². The van der Waals surface area contributed by atoms with E-state index in [4.69, 9.17) is 0 Å². The van der Waals surface area contributed by atoms with Crippen LogP contribution < -0.4 is 5.43 Å². The Morgan fingerprint density at radius 2 is 2.08 bits per heavy atom. The lowest BCUT2D eigenvalue weighted by molar-refractivity contribution is 0.923. The average Bonchev–Trinajstić information content (AvgIpc) is 2.12. The molecule has 0 bridgehead atoms. The Morgan fingerprint density at radius 3 is 2.85 bits per heavy atom. The van der Waals surface area contributed by atoms with Gasteiger partial charge in [0.25, 0.3) is 0 Å². The molecule has 0 saturated carbocycles. The van der Waals surface area contributed by atoms with E-state index in [1.54, 1.807) is 12.3 Å². The zero-order chi connectivity index (χ0) is 9.42. The summed E-state index contributed by atoms with van der Waals surface area (Å²) in [6.45, 7) is 1.91. The van der Waals surface area contributed by atoms with Gasteiger partial charge in [0.15, 0.2) is 5.43 Å². The minimum atomic E-state index is 0.0283. The molecule has 0 amide bonds. The predicted molar refractivity (Wildman–Crippen MR) is 51.7 cm³/mol. The van der Waals surface area contributed by atoms with Gasteiger partial charge in [-0.25, -0.2) is 4.98 Å². The molecule has 0 unspecified atom stereocenters. The van der Waals surface area contributed by atoms with Crippen LogP contribution in [0, 0.1) is 6.92 Å². The van der Waals surface area contributed by atoms with Crippen LogP contribution in [0.15, 0.2) is 29.2 Å². The minimum absolute atomic E-state index is 0.0283. The maximum atomic E-state index is 11.4. The molecule has 2 rings (SSSR count). The van der Waals surface area contributed by atoms with E-state index in [0.29, 0.717) is 5.39 Å². The van der Waals surface area contributed by atoms with Crippen molar-refractivity contribution in [3.63, 3.8) is 0 Å². The topological polar surface area (TPSA) is 34.9 Å². The Balaban J connectivity index is 3.01. The summed E-state index contributed by atoms with van der Waals surface area (Å²) < 4.78 is 1.85. The number of hydrogen-bond donors (Lipinski definition) is 0. The van der Waals surface area contributed by atoms with E-state index >= 15 is 0 Å². The maximum Gasteiger partial charge on any atom is 0.191 e. The zero-order valence-electron chi connectivity index (χ0n) is 7.61. The molecule has 66 valence electrons. The van der Waals surface area contributed by atoms with Crippen molar-refractivity contribution >= 4 is 11.0 Å². The van der Waals surface area contributed by atoms with Crippen molar-refractivity contribution in [3.05, 3.63) is 40.3 Å². The summed E-state index contributed by atoms with van der Waals surface area (Å²) in [7, 11) is 1.88. The molecule has 0 aliphatic carbocycles. The molecule has 2 aromatic heterocycles. The van der Waals surface area contributed by atoms with Gasteiger partial charge in [-0.3, -0.25) is 4.79 Å². The Morgan fingerprint density at radius 1 is 1.31 bits per heavy atom. The van der Waals surface area contributed by atoms with E-state index in [2.05, 4.69) is 4.98 Å². The number of fused-ring (bicyclic) bond motifs is 1. The van der Waals surface area contributed by atoms with E-state index in [1.165, 1.54) is 0 Å². The summed E-state index contributed by atoms with van der Waals surface area (Å²) in [5.41, 5.74) is 1.70. The standard InChI is InChI=1S/C10H10N2O/c1-7-3-4-8-9(13)5-6-12(2)10(8)11-7/h3-6H,1-2H3. The van der Waals surface area contributed by atoms with Crippen LogP contribution in [0.25, 0.3) is 11.0 Å². The highest BCUT2D eigenvalue weighted by Crippen LogP contribution is 2.06. The lowest BCUT2D eigenvalue weighted by atomic mass is 10.2. The van der Waals surface area contributed by atoms with E-state index in [0.717, 1.165) is 11.3 Å². The predicted octanol–water partition coefficient (Wildman–Crippen LogP) is 1.24. The van der Waals surface area contributed by atoms with Crippen LogP contribution in [0.3, 0.4) is 0 Å². The Labute approximate surface area is 75.7 Å². The second-order valence-electron chi connectivity index (χ2n) is 3.11. The highest BCUT2D eigenvalue weighted by atomic mass is 16.1. The molecule has 0 radical (unpaired) electrons. The fraction of sp³-hybridized carbons (Fsp3) is 0.200. The second kappa shape index (κ2) is 2.69. The summed E-state index contributed by atoms with van der Waals surface area (Å²) in [6, 6.07) is 5.23. The largest absolute Gasteiger partial charge is 0.335 e. The fourth-order valence-electron chi connectivity index (χ4n) is 1.34. The Bertz CT molecular complexity index is 514. The van der Waals surface area contributed by atoms with Gasteiger partial charge < -0.3 is 4.57 Å². The molecular formula is C10H10N2O. The molecular weight excluding hydrogens is 164 g/mol. The average molecular weight is 174 g/mol. The van der Waals surface area contributed by atoms with Gasteiger partial charge in [-0.2, -0.15) is 0 Å². The molecule has 0 aromatic carbocycles. The van der Waals surface area contributed by atoms with E-state index in [9.17, 15) is 4.79 Å². The molecule has 2 aromatic rings. The number of rotatable bonds is 0. The number of aromatic nitrogens is 2. The van der Waals surface area contributed by atoms with Gasteiger partial charge in [0, 0.05) is 25.0 Å². The first-order valence-corrected chi connectivity index (χ1v) is 4.11. The lowest BCUT2D eigenvalue weighted by Gasteiger charge is -2.03. The van der Waals surface area contributed by atoms with Gasteiger partial charge in [-0.05, 0) is 19.1 Å². The molecule has 0 aliphatic rings. The van der Waals surface area contributed by atoms with Gasteiger partial charge >= 0.3 is 0 Å². The zero-order valence-corrected chi connectivity index (χ0v) is 7.61. The van der Waals surface area contributed by atoms with Crippen molar-refractivity contribution in [2.45, 2.75) is 6.92 Å². The van der Waals surface area contributed by atoms with Crippen molar-refractivity contribution in [1.82, 2.24) is 9.55 Å². The number of hydrogen-bond acceptors (Lipinski definition) is 2. The first-order chi connectivity index (χ1) is 6.18. The Kier molecular flexibility index (Phi) is 1.65. The molecule has 0 N–H and O–H groups in total. The molecule has 0 spiro atoms. The summed E-state index contributed by atoms with van der Waals surface area (Å²) in [6.07, 6.45) is 1.73. The van der Waals surface area contributed by atoms with Crippen LogP contribution in [0.2, 0.25) is 0 Å². The van der Waals surface area contributed by atoms with Crippen molar-refractivity contribution in [1.29, 1.82) is 0 Å². The smallest absolute Gasteiger partial charge is 0.191 e. The van der Waals surface area contributed by atoms with Crippen LogP contribution in [0.1, 0.15) is 5.69 Å². The lowest BCUT2D eigenvalue weighted by Crippen LogP contribution is -2.06. The van der Waals surface area contributed by atoms with Crippen LogP contribution >= 0.6 is 0 Å². The normalized spacial score (nSPS) is 10.6. The van der Waals surface area contributed by atoms with Crippen molar-refractivity contribution in [2.24, 2.45) is 7.05 Å². The van der Waals surface area contributed by atoms with Gasteiger partial charge in [-0.15, -0.1) is 0 Å². The Hall–Kier alpha value is -1.64. The maximum absolute atomic E-state index is 11.4. The van der Waals surface area contributed by atoms with Crippen molar-refractivity contribution < 1.29 is 0 Å². The molecule has 0 atom stereocenters. The number of pyridine rings is 2. The van der Waals surface area contributed by atoms with E-state index in [1.807, 2.05) is 30.7 Å². The second-order valence-corrected chi connectivity index (χ2v) is 3.11. The van der Waals surface area contributed by atoms with E-state index in [-0.39, 0.29) is 5.43 Å². The van der Waals surface area contributed by atoms with Gasteiger partial charge in [0.1, 0.15) is 5.65 Å². The highest BCUT2D eigenvalue weighted by molar-refractivity contribution is 5.74. The summed E-state index contributed by atoms with van der Waals surface area (Å²) in [4.78, 5) is 15.7. The molecule has 0 saturated heterocycles. The van der Waals surface area contributed by atoms with Gasteiger partial charge in [0.05, 0.1) is 5.39 Å². The summed E-state index contributed by atoms with van der Waals surface area (Å²) in [5, 5.41) is 0.676. The number of aryl methyl sites for hydroxylation is 2. The molecule has 3 heteroatoms. The first kappa shape index (κ1) is 7.98. The minimum Gasteiger partial charge on any atom is -0.335 e. The third kappa shape index (κ3) is 1.22. The molecule has 2 heterocycles.